The van der Waals surface area contributed by atoms with Gasteiger partial charge in [-0.3, -0.25) is 9.78 Å². The molecule has 4 fully saturated rings. The number of carbonyl (C=O) groups excluding carboxylic acids is 2. The van der Waals surface area contributed by atoms with Crippen molar-refractivity contribution in [2.24, 2.45) is 17.8 Å². The fourth-order valence-electron chi connectivity index (χ4n) is 6.38. The molecule has 1 N–H and O–H groups in total. The van der Waals surface area contributed by atoms with E-state index in [9.17, 15) is 9.59 Å². The molecule has 1 aromatic carbocycles. The number of pyridine rings is 1. The van der Waals surface area contributed by atoms with Gasteiger partial charge < -0.3 is 10.1 Å². The summed E-state index contributed by atoms with van der Waals surface area (Å²) in [6.07, 6.45) is 6.41. The fourth-order valence-corrected chi connectivity index (χ4v) is 6.38. The molecule has 4 saturated carbocycles. The van der Waals surface area contributed by atoms with Gasteiger partial charge in [-0.15, -0.1) is 0 Å². The van der Waals surface area contributed by atoms with Crippen LogP contribution < -0.4 is 5.32 Å². The van der Waals surface area contributed by atoms with Crippen molar-refractivity contribution in [3.05, 3.63) is 41.6 Å². The third kappa shape index (κ3) is 3.41. The number of hydrogen-bond acceptors (Lipinski definition) is 4. The van der Waals surface area contributed by atoms with Crippen LogP contribution in [0.15, 0.2) is 30.3 Å². The van der Waals surface area contributed by atoms with Crippen LogP contribution in [-0.4, -0.2) is 28.5 Å². The third-order valence-corrected chi connectivity index (χ3v) is 7.14. The number of aromatic nitrogens is 1. The van der Waals surface area contributed by atoms with Crippen LogP contribution in [-0.2, 0) is 9.53 Å². The molecule has 1 atom stereocenters. The van der Waals surface area contributed by atoms with E-state index in [4.69, 9.17) is 4.74 Å². The predicted octanol–water partition coefficient (Wildman–Crippen LogP) is 4.17. The molecule has 0 aliphatic heterocycles. The second-order valence-corrected chi connectivity index (χ2v) is 9.56. The first-order valence-corrected chi connectivity index (χ1v) is 10.8. The average molecular weight is 392 g/mol. The molecule has 0 spiro atoms. The van der Waals surface area contributed by atoms with Crippen LogP contribution in [0.5, 0.6) is 0 Å². The fraction of sp³-hybridized carbons (Fsp3) is 0.542. The molecule has 4 bridgehead atoms. The molecule has 0 unspecified atom stereocenters. The van der Waals surface area contributed by atoms with Crippen molar-refractivity contribution >= 4 is 22.8 Å². The Morgan fingerprint density at radius 2 is 1.72 bits per heavy atom. The molecule has 5 heteroatoms. The maximum absolute atomic E-state index is 12.9. The van der Waals surface area contributed by atoms with Crippen LogP contribution in [0, 0.1) is 24.7 Å². The highest BCUT2D eigenvalue weighted by atomic mass is 16.5. The largest absolute Gasteiger partial charge is 0.449 e. The van der Waals surface area contributed by atoms with Crippen molar-refractivity contribution in [3.63, 3.8) is 0 Å². The van der Waals surface area contributed by atoms with Gasteiger partial charge in [0.1, 0.15) is 0 Å². The van der Waals surface area contributed by atoms with Crippen LogP contribution in [0.2, 0.25) is 0 Å². The summed E-state index contributed by atoms with van der Waals surface area (Å²) in [6.45, 7) is 3.52. The number of fused-ring (bicyclic) bond motifs is 1. The van der Waals surface area contributed by atoms with E-state index >= 15 is 0 Å². The van der Waals surface area contributed by atoms with Crippen molar-refractivity contribution in [3.8, 4) is 0 Å². The Bertz CT molecular complexity index is 948. The highest BCUT2D eigenvalue weighted by Gasteiger charge is 2.51. The molecule has 1 heterocycles. The van der Waals surface area contributed by atoms with Crippen LogP contribution in [0.3, 0.4) is 0 Å². The third-order valence-electron chi connectivity index (χ3n) is 7.14. The maximum Gasteiger partial charge on any atom is 0.339 e. The number of aryl methyl sites for hydroxylation is 1. The number of para-hydroxylation sites is 1. The molecule has 152 valence electrons. The molecular formula is C24H28N2O3. The van der Waals surface area contributed by atoms with Gasteiger partial charge >= 0.3 is 5.97 Å². The Hall–Kier alpha value is -2.43. The summed E-state index contributed by atoms with van der Waals surface area (Å²) >= 11 is 0. The molecule has 1 amide bonds. The number of benzene rings is 1. The Labute approximate surface area is 171 Å². The number of carbonyl (C=O) groups is 2. The van der Waals surface area contributed by atoms with Crippen LogP contribution in [0.25, 0.3) is 10.9 Å². The Kier molecular flexibility index (Phi) is 4.37. The van der Waals surface area contributed by atoms with Gasteiger partial charge in [-0.05, 0) is 82.3 Å². The lowest BCUT2D eigenvalue weighted by molar-refractivity contribution is -0.134. The number of esters is 1. The minimum Gasteiger partial charge on any atom is -0.449 e. The Balaban J connectivity index is 1.30. The summed E-state index contributed by atoms with van der Waals surface area (Å²) in [6, 6.07) is 9.24. The highest BCUT2D eigenvalue weighted by Crippen LogP contribution is 2.55. The van der Waals surface area contributed by atoms with Crippen LogP contribution in [0.1, 0.15) is 61.5 Å². The molecule has 29 heavy (non-hydrogen) atoms. The van der Waals surface area contributed by atoms with Crippen LogP contribution >= 0.6 is 0 Å². The molecule has 6 rings (SSSR count). The van der Waals surface area contributed by atoms with Gasteiger partial charge in [0.25, 0.3) is 5.91 Å². The second kappa shape index (κ2) is 6.82. The zero-order valence-corrected chi connectivity index (χ0v) is 17.1. The summed E-state index contributed by atoms with van der Waals surface area (Å²) in [5, 5.41) is 4.05. The topological polar surface area (TPSA) is 68.3 Å². The van der Waals surface area contributed by atoms with E-state index in [1.54, 1.807) is 13.0 Å². The number of ether oxygens (including phenoxy) is 1. The van der Waals surface area contributed by atoms with E-state index in [1.165, 1.54) is 19.3 Å². The number of hydrogen-bond donors (Lipinski definition) is 1. The summed E-state index contributed by atoms with van der Waals surface area (Å²) in [7, 11) is 0. The first kappa shape index (κ1) is 18.6. The van der Waals surface area contributed by atoms with E-state index in [0.717, 1.165) is 53.6 Å². The van der Waals surface area contributed by atoms with Crippen molar-refractivity contribution in [2.45, 2.75) is 64.0 Å². The van der Waals surface area contributed by atoms with Gasteiger partial charge in [0.2, 0.25) is 0 Å². The minimum atomic E-state index is -0.817. The van der Waals surface area contributed by atoms with Crippen molar-refractivity contribution in [2.75, 3.05) is 0 Å². The van der Waals surface area contributed by atoms with Gasteiger partial charge in [-0.2, -0.15) is 0 Å². The normalized spacial score (nSPS) is 30.9. The van der Waals surface area contributed by atoms with Crippen molar-refractivity contribution < 1.29 is 14.3 Å². The molecule has 4 aliphatic rings. The smallest absolute Gasteiger partial charge is 0.339 e. The van der Waals surface area contributed by atoms with Gasteiger partial charge in [-0.25, -0.2) is 4.79 Å². The molecule has 0 radical (unpaired) electrons. The quantitative estimate of drug-likeness (QED) is 0.793. The van der Waals surface area contributed by atoms with Gasteiger partial charge in [0, 0.05) is 16.6 Å². The standard InChI is InChI=1S/C24H28N2O3/c1-14-7-20(19-5-3-4-6-21(19)25-14)23(28)29-15(2)22(27)26-24-11-16-8-17(12-24)10-18(9-16)13-24/h3-7,15-18H,8-13H2,1-2H3,(H,26,27)/t15-,16?,17?,18?,24?/m1/s1. The highest BCUT2D eigenvalue weighted by molar-refractivity contribution is 6.04. The number of amides is 1. The van der Waals surface area contributed by atoms with E-state index < -0.39 is 12.1 Å². The van der Waals surface area contributed by atoms with Crippen molar-refractivity contribution in [1.82, 2.24) is 10.3 Å². The van der Waals surface area contributed by atoms with Crippen molar-refractivity contribution in [1.29, 1.82) is 0 Å². The molecular weight excluding hydrogens is 364 g/mol. The lowest BCUT2D eigenvalue weighted by atomic mass is 9.53. The van der Waals surface area contributed by atoms with E-state index in [-0.39, 0.29) is 11.4 Å². The molecule has 1 aromatic heterocycles. The lowest BCUT2D eigenvalue weighted by Gasteiger charge is -2.57. The molecule has 0 saturated heterocycles. The SMILES string of the molecule is Cc1cc(C(=O)O[C@H](C)C(=O)NC23CC4CC(CC(C4)C2)C3)c2ccccc2n1. The second-order valence-electron chi connectivity index (χ2n) is 9.56. The summed E-state index contributed by atoms with van der Waals surface area (Å²) < 4.78 is 5.60. The first-order valence-electron chi connectivity index (χ1n) is 10.8. The lowest BCUT2D eigenvalue weighted by Crippen LogP contribution is -2.61. The predicted molar refractivity (Wildman–Crippen MR) is 110 cm³/mol. The number of rotatable bonds is 4. The summed E-state index contributed by atoms with van der Waals surface area (Å²) in [5.41, 5.74) is 1.89. The summed E-state index contributed by atoms with van der Waals surface area (Å²) in [4.78, 5) is 30.3. The maximum atomic E-state index is 12.9. The number of nitrogens with zero attached hydrogens (tertiary/aromatic N) is 1. The Morgan fingerprint density at radius 3 is 2.38 bits per heavy atom. The zero-order chi connectivity index (χ0) is 20.2. The van der Waals surface area contributed by atoms with E-state index in [0.29, 0.717) is 5.56 Å². The van der Waals surface area contributed by atoms with Crippen LogP contribution in [0.4, 0.5) is 0 Å². The Morgan fingerprint density at radius 1 is 1.10 bits per heavy atom. The molecule has 2 aromatic rings. The van der Waals surface area contributed by atoms with Gasteiger partial charge in [-0.1, -0.05) is 18.2 Å². The van der Waals surface area contributed by atoms with E-state index in [1.807, 2.05) is 31.2 Å². The van der Waals surface area contributed by atoms with Gasteiger partial charge in [0.05, 0.1) is 11.1 Å². The summed E-state index contributed by atoms with van der Waals surface area (Å²) in [5.74, 6) is 1.62. The monoisotopic (exact) mass is 392 g/mol. The van der Waals surface area contributed by atoms with E-state index in [2.05, 4.69) is 10.3 Å². The van der Waals surface area contributed by atoms with Gasteiger partial charge in [0.15, 0.2) is 6.10 Å². The number of nitrogens with one attached hydrogen (secondary N) is 1. The first-order chi connectivity index (χ1) is 13.9. The zero-order valence-electron chi connectivity index (χ0n) is 17.1. The average Bonchev–Trinajstić information content (AvgIpc) is 2.65. The molecule has 5 nitrogen and oxygen atoms in total. The molecule has 4 aliphatic carbocycles. The minimum absolute atomic E-state index is 0.0769.